The van der Waals surface area contributed by atoms with Crippen molar-refractivity contribution in [2.24, 2.45) is 0 Å². The quantitative estimate of drug-likeness (QED) is 0.785. The van der Waals surface area contributed by atoms with E-state index in [4.69, 9.17) is 28.9 Å². The summed E-state index contributed by atoms with van der Waals surface area (Å²) in [4.78, 5) is 8.35. The predicted molar refractivity (Wildman–Crippen MR) is 74.6 cm³/mol. The maximum atomic E-state index is 5.91. The van der Waals surface area contributed by atoms with Gasteiger partial charge in [0.15, 0.2) is 5.82 Å². The first kappa shape index (κ1) is 11.9. The third kappa shape index (κ3) is 2.39. The average Bonchev–Trinajstić information content (AvgIpc) is 2.26. The van der Waals surface area contributed by atoms with Gasteiger partial charge in [-0.15, -0.1) is 0 Å². The lowest BCUT2D eigenvalue weighted by atomic mass is 10.2. The van der Waals surface area contributed by atoms with Gasteiger partial charge in [0.1, 0.15) is 5.82 Å². The molecule has 0 saturated carbocycles. The minimum atomic E-state index is 0.455. The Hall–Kier alpha value is -0.590. The first-order valence-corrected chi connectivity index (χ1v) is 6.15. The van der Waals surface area contributed by atoms with E-state index in [9.17, 15) is 0 Å². The summed E-state index contributed by atoms with van der Waals surface area (Å²) < 4.78 is 0.821. The zero-order valence-electron chi connectivity index (χ0n) is 7.92. The summed E-state index contributed by atoms with van der Waals surface area (Å²) in [5.41, 5.74) is 6.50. The third-order valence-electron chi connectivity index (χ3n) is 1.95. The molecule has 0 saturated heterocycles. The van der Waals surface area contributed by atoms with Gasteiger partial charge in [-0.1, -0.05) is 23.2 Å². The number of nitrogens with zero attached hydrogens (tertiary/aromatic N) is 2. The normalized spacial score (nSPS) is 10.4. The topological polar surface area (TPSA) is 51.8 Å². The SMILES string of the molecule is Nc1nc(-c2ccc(Cl)c(Cl)c2)ncc1I. The molecular weight excluding hydrogens is 360 g/mol. The number of nitrogen functional groups attached to an aromatic ring is 1. The van der Waals surface area contributed by atoms with Crippen LogP contribution in [0, 0.1) is 3.57 Å². The molecule has 1 heterocycles. The molecule has 0 unspecified atom stereocenters. The number of anilines is 1. The third-order valence-corrected chi connectivity index (χ3v) is 3.52. The first-order chi connectivity index (χ1) is 7.58. The smallest absolute Gasteiger partial charge is 0.161 e. The van der Waals surface area contributed by atoms with Crippen molar-refractivity contribution >= 4 is 51.6 Å². The Morgan fingerprint density at radius 1 is 1.19 bits per heavy atom. The molecule has 0 atom stereocenters. The number of hydrogen-bond acceptors (Lipinski definition) is 3. The highest BCUT2D eigenvalue weighted by Crippen LogP contribution is 2.27. The van der Waals surface area contributed by atoms with Crippen LogP contribution < -0.4 is 5.73 Å². The molecule has 2 rings (SSSR count). The second-order valence-corrected chi connectivity index (χ2v) is 5.03. The Balaban J connectivity index is 2.50. The number of rotatable bonds is 1. The zero-order valence-corrected chi connectivity index (χ0v) is 11.6. The molecule has 0 fully saturated rings. The summed E-state index contributed by atoms with van der Waals surface area (Å²) in [5.74, 6) is 0.994. The van der Waals surface area contributed by atoms with Crippen LogP contribution in [0.1, 0.15) is 0 Å². The highest BCUT2D eigenvalue weighted by molar-refractivity contribution is 14.1. The fourth-order valence-corrected chi connectivity index (χ4v) is 1.71. The van der Waals surface area contributed by atoms with Gasteiger partial charge in [-0.3, -0.25) is 0 Å². The average molecular weight is 366 g/mol. The lowest BCUT2D eigenvalue weighted by Crippen LogP contribution is -1.98. The monoisotopic (exact) mass is 365 g/mol. The second kappa shape index (κ2) is 4.73. The summed E-state index contributed by atoms with van der Waals surface area (Å²) in [6, 6.07) is 5.22. The lowest BCUT2D eigenvalue weighted by molar-refractivity contribution is 1.17. The molecule has 0 aliphatic heterocycles. The fraction of sp³-hybridized carbons (Fsp3) is 0. The molecule has 0 aliphatic rings. The number of halogens is 3. The van der Waals surface area contributed by atoms with E-state index >= 15 is 0 Å². The standard InChI is InChI=1S/C10H6Cl2IN3/c11-6-2-1-5(3-7(6)12)10-15-4-8(13)9(14)16-10/h1-4H,(H2,14,15,16). The summed E-state index contributed by atoms with van der Waals surface area (Å²) in [7, 11) is 0. The van der Waals surface area contributed by atoms with Crippen molar-refractivity contribution in [3.63, 3.8) is 0 Å². The van der Waals surface area contributed by atoms with Gasteiger partial charge in [-0.25, -0.2) is 9.97 Å². The minimum Gasteiger partial charge on any atom is -0.383 e. The number of aromatic nitrogens is 2. The van der Waals surface area contributed by atoms with Crippen LogP contribution in [0.3, 0.4) is 0 Å². The van der Waals surface area contributed by atoms with E-state index in [0.29, 0.717) is 21.7 Å². The van der Waals surface area contributed by atoms with E-state index in [0.717, 1.165) is 9.13 Å². The van der Waals surface area contributed by atoms with Gasteiger partial charge in [0.05, 0.1) is 13.6 Å². The molecule has 2 N–H and O–H groups in total. The molecule has 6 heteroatoms. The second-order valence-electron chi connectivity index (χ2n) is 3.06. The van der Waals surface area contributed by atoms with Crippen LogP contribution in [-0.2, 0) is 0 Å². The Morgan fingerprint density at radius 2 is 1.94 bits per heavy atom. The van der Waals surface area contributed by atoms with E-state index in [1.165, 1.54) is 0 Å². The van der Waals surface area contributed by atoms with Crippen LogP contribution >= 0.6 is 45.8 Å². The molecule has 16 heavy (non-hydrogen) atoms. The summed E-state index contributed by atoms with van der Waals surface area (Å²) >= 11 is 13.8. The first-order valence-electron chi connectivity index (χ1n) is 4.31. The molecule has 0 spiro atoms. The van der Waals surface area contributed by atoms with Crippen LogP contribution in [0.25, 0.3) is 11.4 Å². The summed E-state index contributed by atoms with van der Waals surface area (Å²) in [6.07, 6.45) is 1.67. The van der Waals surface area contributed by atoms with Gasteiger partial charge in [0, 0.05) is 11.8 Å². The van der Waals surface area contributed by atoms with E-state index in [2.05, 4.69) is 32.6 Å². The summed E-state index contributed by atoms with van der Waals surface area (Å²) in [5, 5.41) is 0.976. The Labute approximate surface area is 116 Å². The minimum absolute atomic E-state index is 0.455. The molecule has 0 radical (unpaired) electrons. The van der Waals surface area contributed by atoms with Crippen LogP contribution in [0.5, 0.6) is 0 Å². The van der Waals surface area contributed by atoms with Crippen LogP contribution in [0.15, 0.2) is 24.4 Å². The zero-order chi connectivity index (χ0) is 11.7. The van der Waals surface area contributed by atoms with E-state index in [1.807, 2.05) is 0 Å². The van der Waals surface area contributed by atoms with E-state index in [1.54, 1.807) is 24.4 Å². The van der Waals surface area contributed by atoms with E-state index in [-0.39, 0.29) is 0 Å². The molecule has 0 aliphatic carbocycles. The Kier molecular flexibility index (Phi) is 3.51. The van der Waals surface area contributed by atoms with Crippen molar-refractivity contribution < 1.29 is 0 Å². The van der Waals surface area contributed by atoms with Gasteiger partial charge in [0.2, 0.25) is 0 Å². The molecule has 0 bridgehead atoms. The number of benzene rings is 1. The number of hydrogen-bond donors (Lipinski definition) is 1. The highest BCUT2D eigenvalue weighted by atomic mass is 127. The van der Waals surface area contributed by atoms with Crippen molar-refractivity contribution in [1.29, 1.82) is 0 Å². The number of nitrogens with two attached hydrogens (primary N) is 1. The summed E-state index contributed by atoms with van der Waals surface area (Å²) in [6.45, 7) is 0. The van der Waals surface area contributed by atoms with Gasteiger partial charge in [-0.2, -0.15) is 0 Å². The van der Waals surface area contributed by atoms with Crippen molar-refractivity contribution in [3.05, 3.63) is 38.0 Å². The van der Waals surface area contributed by atoms with Crippen molar-refractivity contribution in [2.45, 2.75) is 0 Å². The molecule has 1 aromatic heterocycles. The molecule has 3 nitrogen and oxygen atoms in total. The maximum Gasteiger partial charge on any atom is 0.161 e. The van der Waals surface area contributed by atoms with E-state index < -0.39 is 0 Å². The van der Waals surface area contributed by atoms with Crippen molar-refractivity contribution in [3.8, 4) is 11.4 Å². The molecular formula is C10H6Cl2IN3. The molecule has 2 aromatic rings. The Bertz CT molecular complexity index is 496. The fourth-order valence-electron chi connectivity index (χ4n) is 1.15. The van der Waals surface area contributed by atoms with Crippen LogP contribution in [0.4, 0.5) is 5.82 Å². The largest absolute Gasteiger partial charge is 0.383 e. The van der Waals surface area contributed by atoms with Crippen molar-refractivity contribution in [1.82, 2.24) is 9.97 Å². The Morgan fingerprint density at radius 3 is 2.56 bits per heavy atom. The maximum absolute atomic E-state index is 5.91. The van der Waals surface area contributed by atoms with Gasteiger partial charge >= 0.3 is 0 Å². The van der Waals surface area contributed by atoms with Crippen LogP contribution in [-0.4, -0.2) is 9.97 Å². The van der Waals surface area contributed by atoms with Gasteiger partial charge in [-0.05, 0) is 40.8 Å². The molecule has 1 aromatic carbocycles. The highest BCUT2D eigenvalue weighted by Gasteiger charge is 2.06. The van der Waals surface area contributed by atoms with Crippen molar-refractivity contribution in [2.75, 3.05) is 5.73 Å². The molecule has 0 amide bonds. The van der Waals surface area contributed by atoms with Gasteiger partial charge < -0.3 is 5.73 Å². The van der Waals surface area contributed by atoms with Gasteiger partial charge in [0.25, 0.3) is 0 Å². The predicted octanol–water partition coefficient (Wildman–Crippen LogP) is 3.64. The lowest BCUT2D eigenvalue weighted by Gasteiger charge is -2.03. The molecule has 82 valence electrons. The van der Waals surface area contributed by atoms with Crippen LogP contribution in [0.2, 0.25) is 10.0 Å².